The highest BCUT2D eigenvalue weighted by Crippen LogP contribution is 2.38. The lowest BCUT2D eigenvalue weighted by atomic mass is 10.1. The van der Waals surface area contributed by atoms with Crippen molar-refractivity contribution in [2.75, 3.05) is 38.0 Å². The molecule has 0 spiro atoms. The van der Waals surface area contributed by atoms with Gasteiger partial charge in [0.1, 0.15) is 16.0 Å². The van der Waals surface area contributed by atoms with E-state index >= 15 is 0 Å². The zero-order chi connectivity index (χ0) is 22.2. The Hall–Kier alpha value is -1.67. The Morgan fingerprint density at radius 3 is 2.65 bits per heavy atom. The zero-order valence-corrected chi connectivity index (χ0v) is 19.7. The molecule has 0 unspecified atom stereocenters. The van der Waals surface area contributed by atoms with Gasteiger partial charge in [-0.25, -0.2) is 8.42 Å². The molecule has 2 heterocycles. The van der Waals surface area contributed by atoms with Crippen molar-refractivity contribution >= 4 is 55.5 Å². The smallest absolute Gasteiger partial charge is 0.244 e. The van der Waals surface area contributed by atoms with E-state index in [0.717, 1.165) is 24.8 Å². The van der Waals surface area contributed by atoms with Crippen molar-refractivity contribution < 1.29 is 13.2 Å². The first-order chi connectivity index (χ1) is 14.8. The molecular weight excluding hydrogens is 479 g/mol. The van der Waals surface area contributed by atoms with Crippen molar-refractivity contribution in [2.45, 2.75) is 24.2 Å². The first-order valence-corrected chi connectivity index (χ1v) is 12.8. The summed E-state index contributed by atoms with van der Waals surface area (Å²) in [6.07, 6.45) is 2.90. The monoisotopic (exact) mass is 498 g/mol. The number of piperazine rings is 1. The summed E-state index contributed by atoms with van der Waals surface area (Å²) < 4.78 is 27.2. The Morgan fingerprint density at radius 2 is 1.94 bits per heavy atom. The number of benzene rings is 1. The average Bonchev–Trinajstić information content (AvgIpc) is 3.30. The molecule has 1 amide bonds. The lowest BCUT2D eigenvalue weighted by Crippen LogP contribution is -2.50. The van der Waals surface area contributed by atoms with Crippen LogP contribution in [0.1, 0.15) is 22.4 Å². The Bertz CT molecular complexity index is 1170. The molecule has 2 aromatic rings. The minimum Gasteiger partial charge on any atom is -0.315 e. The predicted octanol–water partition coefficient (Wildman–Crippen LogP) is 3.36. The average molecular weight is 499 g/mol. The van der Waals surface area contributed by atoms with Gasteiger partial charge in [0.2, 0.25) is 15.9 Å². The van der Waals surface area contributed by atoms with Crippen LogP contribution in [0.25, 0.3) is 0 Å². The van der Waals surface area contributed by atoms with Crippen LogP contribution in [0, 0.1) is 11.3 Å². The number of rotatable bonds is 5. The lowest BCUT2D eigenvalue weighted by Gasteiger charge is -2.33. The molecule has 1 aliphatic carbocycles. The molecule has 1 aromatic carbocycles. The van der Waals surface area contributed by atoms with Crippen LogP contribution >= 0.6 is 34.5 Å². The van der Waals surface area contributed by atoms with Gasteiger partial charge in [-0.2, -0.15) is 9.57 Å². The highest BCUT2D eigenvalue weighted by atomic mass is 35.5. The molecular formula is C20H20Cl2N4O3S2. The van der Waals surface area contributed by atoms with E-state index in [9.17, 15) is 18.5 Å². The third kappa shape index (κ3) is 4.60. The van der Waals surface area contributed by atoms with E-state index < -0.39 is 10.0 Å². The second-order valence-electron chi connectivity index (χ2n) is 7.48. The highest BCUT2D eigenvalue weighted by molar-refractivity contribution is 7.89. The summed E-state index contributed by atoms with van der Waals surface area (Å²) in [6.45, 7) is 1.46. The Kier molecular flexibility index (Phi) is 6.58. The normalized spacial score (nSPS) is 17.3. The quantitative estimate of drug-likeness (QED) is 0.681. The molecule has 164 valence electrons. The van der Waals surface area contributed by atoms with Gasteiger partial charge in [-0.1, -0.05) is 23.2 Å². The molecule has 2 aliphatic rings. The molecule has 0 saturated carbocycles. The summed E-state index contributed by atoms with van der Waals surface area (Å²) in [4.78, 5) is 15.6. The van der Waals surface area contributed by atoms with E-state index in [-0.39, 0.29) is 35.5 Å². The Morgan fingerprint density at radius 1 is 1.19 bits per heavy atom. The van der Waals surface area contributed by atoms with Gasteiger partial charge < -0.3 is 5.32 Å². The number of thiophene rings is 1. The van der Waals surface area contributed by atoms with Crippen LogP contribution in [0.5, 0.6) is 0 Å². The number of carbonyl (C=O) groups excluding carboxylic acids is 1. The summed E-state index contributed by atoms with van der Waals surface area (Å²) in [5, 5.41) is 13.4. The number of nitrogens with zero attached hydrogens (tertiary/aromatic N) is 3. The summed E-state index contributed by atoms with van der Waals surface area (Å²) >= 11 is 13.5. The fourth-order valence-electron chi connectivity index (χ4n) is 3.92. The maximum absolute atomic E-state index is 12.9. The molecule has 7 nitrogen and oxygen atoms in total. The molecule has 1 aromatic heterocycles. The largest absolute Gasteiger partial charge is 0.315 e. The van der Waals surface area contributed by atoms with Gasteiger partial charge in [0, 0.05) is 36.1 Å². The number of hydrogen-bond acceptors (Lipinski definition) is 6. The van der Waals surface area contributed by atoms with Gasteiger partial charge in [0.25, 0.3) is 0 Å². The molecule has 0 radical (unpaired) electrons. The lowest BCUT2D eigenvalue weighted by molar-refractivity contribution is -0.117. The van der Waals surface area contributed by atoms with Crippen LogP contribution in [-0.4, -0.2) is 56.3 Å². The fourth-order valence-corrected chi connectivity index (χ4v) is 7.34. The predicted molar refractivity (Wildman–Crippen MR) is 121 cm³/mol. The number of nitriles is 1. The van der Waals surface area contributed by atoms with Gasteiger partial charge in [0.15, 0.2) is 0 Å². The topological polar surface area (TPSA) is 93.5 Å². The van der Waals surface area contributed by atoms with Crippen molar-refractivity contribution in [3.8, 4) is 6.07 Å². The van der Waals surface area contributed by atoms with Crippen LogP contribution < -0.4 is 5.32 Å². The van der Waals surface area contributed by atoms with E-state index in [0.29, 0.717) is 28.7 Å². The molecule has 11 heteroatoms. The summed E-state index contributed by atoms with van der Waals surface area (Å²) in [6, 6.07) is 6.58. The number of fused-ring (bicyclic) bond motifs is 1. The second-order valence-corrected chi connectivity index (χ2v) is 11.3. The fraction of sp³-hybridized carbons (Fsp3) is 0.400. The number of nitrogens with one attached hydrogen (secondary N) is 1. The van der Waals surface area contributed by atoms with Gasteiger partial charge in [-0.3, -0.25) is 9.69 Å². The van der Waals surface area contributed by atoms with Gasteiger partial charge in [-0.05, 0) is 43.0 Å². The molecule has 0 bridgehead atoms. The van der Waals surface area contributed by atoms with Crippen molar-refractivity contribution in [1.82, 2.24) is 9.21 Å². The number of hydrogen-bond donors (Lipinski definition) is 1. The van der Waals surface area contributed by atoms with Crippen molar-refractivity contribution in [1.29, 1.82) is 5.26 Å². The Balaban J connectivity index is 1.36. The van der Waals surface area contributed by atoms with E-state index in [1.807, 2.05) is 4.90 Å². The minimum atomic E-state index is -3.77. The van der Waals surface area contributed by atoms with Crippen LogP contribution in [0.3, 0.4) is 0 Å². The Labute approximate surface area is 195 Å². The molecule has 0 atom stereocenters. The third-order valence-corrected chi connectivity index (χ3v) is 9.32. The minimum absolute atomic E-state index is 0.0114. The van der Waals surface area contributed by atoms with Crippen LogP contribution in [-0.2, 0) is 27.7 Å². The summed E-state index contributed by atoms with van der Waals surface area (Å²) in [7, 11) is -3.77. The first-order valence-electron chi connectivity index (χ1n) is 9.81. The van der Waals surface area contributed by atoms with Crippen LogP contribution in [0.4, 0.5) is 5.00 Å². The van der Waals surface area contributed by atoms with Crippen molar-refractivity contribution in [3.05, 3.63) is 44.2 Å². The van der Waals surface area contributed by atoms with E-state index in [2.05, 4.69) is 11.4 Å². The number of anilines is 1. The summed E-state index contributed by atoms with van der Waals surface area (Å²) in [5.41, 5.74) is 1.65. The number of sulfonamides is 1. The van der Waals surface area contributed by atoms with E-state index in [4.69, 9.17) is 23.2 Å². The van der Waals surface area contributed by atoms with Crippen molar-refractivity contribution in [2.24, 2.45) is 0 Å². The van der Waals surface area contributed by atoms with Crippen LogP contribution in [0.2, 0.25) is 10.0 Å². The SMILES string of the molecule is N#Cc1c(NC(=O)CN2CCN(S(=O)(=O)c3cc(Cl)ccc3Cl)CC2)sc2c1CCC2. The molecule has 31 heavy (non-hydrogen) atoms. The van der Waals surface area contributed by atoms with E-state index in [1.165, 1.54) is 32.7 Å². The maximum Gasteiger partial charge on any atom is 0.244 e. The van der Waals surface area contributed by atoms with Gasteiger partial charge >= 0.3 is 0 Å². The molecule has 1 aliphatic heterocycles. The molecule has 4 rings (SSSR count). The molecule has 1 fully saturated rings. The van der Waals surface area contributed by atoms with E-state index in [1.54, 1.807) is 6.07 Å². The number of aryl methyl sites for hydroxylation is 1. The van der Waals surface area contributed by atoms with Crippen LogP contribution in [0.15, 0.2) is 23.1 Å². The number of amides is 1. The summed E-state index contributed by atoms with van der Waals surface area (Å²) in [5.74, 6) is -0.203. The molecule has 1 saturated heterocycles. The van der Waals surface area contributed by atoms with Gasteiger partial charge in [0.05, 0.1) is 17.1 Å². The number of halogens is 2. The number of carbonyl (C=O) groups is 1. The zero-order valence-electron chi connectivity index (χ0n) is 16.5. The molecule has 1 N–H and O–H groups in total. The second kappa shape index (κ2) is 9.06. The van der Waals surface area contributed by atoms with Crippen molar-refractivity contribution in [3.63, 3.8) is 0 Å². The highest BCUT2D eigenvalue weighted by Gasteiger charge is 2.31. The maximum atomic E-state index is 12.9. The standard InChI is InChI=1S/C20H20Cl2N4O3S2/c21-13-4-5-16(22)18(10-13)31(28,29)26-8-6-25(7-9-26)12-19(27)24-20-15(11-23)14-2-1-3-17(14)30-20/h4-5,10H,1-3,6-9,12H2,(H,24,27). The first kappa shape index (κ1) is 22.5. The van der Waals surface area contributed by atoms with Gasteiger partial charge in [-0.15, -0.1) is 11.3 Å². The third-order valence-electron chi connectivity index (χ3n) is 5.50.